The first-order valence-corrected chi connectivity index (χ1v) is 7.40. The molecule has 0 aliphatic rings. The molecular formula is C11H24O3S. The Morgan fingerprint density at radius 2 is 1.73 bits per heavy atom. The molecule has 0 amide bonds. The quantitative estimate of drug-likeness (QED) is 0.520. The summed E-state index contributed by atoms with van der Waals surface area (Å²) in [6, 6.07) is 0. The maximum Gasteiger partial charge on any atom is 0.268 e. The van der Waals surface area contributed by atoms with Crippen molar-refractivity contribution in [2.24, 2.45) is 5.92 Å². The lowest BCUT2D eigenvalue weighted by molar-refractivity contribution is 0.403. The van der Waals surface area contributed by atoms with Gasteiger partial charge >= 0.3 is 0 Å². The second kappa shape index (κ2) is 7.23. The number of hydrogen-bond acceptors (Lipinski definition) is 2. The van der Waals surface area contributed by atoms with E-state index in [1.807, 2.05) is 6.92 Å². The Hall–Kier alpha value is -0.0900. The van der Waals surface area contributed by atoms with Gasteiger partial charge in [-0.25, -0.2) is 0 Å². The van der Waals surface area contributed by atoms with Crippen LogP contribution in [0.3, 0.4) is 0 Å². The van der Waals surface area contributed by atoms with Crippen molar-refractivity contribution in [1.29, 1.82) is 0 Å². The molecule has 1 N–H and O–H groups in total. The third kappa shape index (κ3) is 6.15. The summed E-state index contributed by atoms with van der Waals surface area (Å²) >= 11 is 0. The fourth-order valence-electron chi connectivity index (χ4n) is 1.99. The van der Waals surface area contributed by atoms with Gasteiger partial charge in [-0.05, 0) is 18.8 Å². The smallest absolute Gasteiger partial charge is 0.268 e. The average Bonchev–Trinajstić information content (AvgIpc) is 2.11. The molecule has 0 aromatic carbocycles. The molecule has 0 saturated carbocycles. The Morgan fingerprint density at radius 1 is 1.13 bits per heavy atom. The topological polar surface area (TPSA) is 54.4 Å². The lowest BCUT2D eigenvalue weighted by Crippen LogP contribution is -2.27. The van der Waals surface area contributed by atoms with E-state index in [9.17, 15) is 8.42 Å². The predicted octanol–water partition coefficient (Wildman–Crippen LogP) is 3.26. The molecular weight excluding hydrogens is 212 g/mol. The van der Waals surface area contributed by atoms with Crippen molar-refractivity contribution in [2.45, 2.75) is 64.5 Å². The van der Waals surface area contributed by atoms with Crippen LogP contribution in [0.2, 0.25) is 0 Å². The third-order valence-corrected chi connectivity index (χ3v) is 4.50. The monoisotopic (exact) mass is 236 g/mol. The first-order valence-electron chi connectivity index (χ1n) is 5.89. The van der Waals surface area contributed by atoms with E-state index in [0.717, 1.165) is 19.3 Å². The van der Waals surface area contributed by atoms with Gasteiger partial charge in [-0.1, -0.05) is 46.5 Å². The summed E-state index contributed by atoms with van der Waals surface area (Å²) < 4.78 is 31.1. The highest BCUT2D eigenvalue weighted by molar-refractivity contribution is 7.86. The van der Waals surface area contributed by atoms with E-state index in [2.05, 4.69) is 6.92 Å². The van der Waals surface area contributed by atoms with Crippen molar-refractivity contribution in [3.63, 3.8) is 0 Å². The van der Waals surface area contributed by atoms with Gasteiger partial charge in [0.2, 0.25) is 0 Å². The lowest BCUT2D eigenvalue weighted by atomic mass is 9.98. The average molecular weight is 236 g/mol. The molecule has 0 saturated heterocycles. The first-order chi connectivity index (χ1) is 6.93. The van der Waals surface area contributed by atoms with E-state index in [-0.39, 0.29) is 5.92 Å². The standard InChI is InChI=1S/C11H24O3S/c1-4-6-7-8-9-10(3)11(5-2)15(12,13)14/h10-11H,4-9H2,1-3H3,(H,12,13,14). The van der Waals surface area contributed by atoms with Crippen molar-refractivity contribution < 1.29 is 13.0 Å². The van der Waals surface area contributed by atoms with E-state index < -0.39 is 15.4 Å². The molecule has 15 heavy (non-hydrogen) atoms. The zero-order valence-corrected chi connectivity index (χ0v) is 10.9. The van der Waals surface area contributed by atoms with Crippen LogP contribution in [0.5, 0.6) is 0 Å². The van der Waals surface area contributed by atoms with Gasteiger partial charge in [0.25, 0.3) is 10.1 Å². The van der Waals surface area contributed by atoms with Gasteiger partial charge in [0.05, 0.1) is 5.25 Å². The second-order valence-electron chi connectivity index (χ2n) is 4.29. The van der Waals surface area contributed by atoms with Crippen molar-refractivity contribution >= 4 is 10.1 Å². The second-order valence-corrected chi connectivity index (χ2v) is 5.92. The van der Waals surface area contributed by atoms with Crippen molar-refractivity contribution in [3.05, 3.63) is 0 Å². The molecule has 0 aromatic rings. The number of rotatable bonds is 8. The number of unbranched alkanes of at least 4 members (excludes halogenated alkanes) is 3. The van der Waals surface area contributed by atoms with E-state index in [1.54, 1.807) is 6.92 Å². The minimum Gasteiger partial charge on any atom is -0.285 e. The van der Waals surface area contributed by atoms with Crippen LogP contribution in [0.25, 0.3) is 0 Å². The van der Waals surface area contributed by atoms with Crippen LogP contribution >= 0.6 is 0 Å². The largest absolute Gasteiger partial charge is 0.285 e. The summed E-state index contributed by atoms with van der Waals surface area (Å²) in [6.45, 7) is 5.87. The molecule has 92 valence electrons. The maximum absolute atomic E-state index is 11.0. The van der Waals surface area contributed by atoms with E-state index in [0.29, 0.717) is 6.42 Å². The molecule has 0 radical (unpaired) electrons. The van der Waals surface area contributed by atoms with Gasteiger partial charge in [0, 0.05) is 0 Å². The summed E-state index contributed by atoms with van der Waals surface area (Å²) in [6.07, 6.45) is 5.98. The van der Waals surface area contributed by atoms with Crippen LogP contribution in [-0.4, -0.2) is 18.2 Å². The highest BCUT2D eigenvalue weighted by Gasteiger charge is 2.26. The molecule has 0 spiro atoms. The summed E-state index contributed by atoms with van der Waals surface area (Å²) in [4.78, 5) is 0. The van der Waals surface area contributed by atoms with Gasteiger partial charge in [-0.15, -0.1) is 0 Å². The molecule has 4 heteroatoms. The normalized spacial score (nSPS) is 16.3. The van der Waals surface area contributed by atoms with Gasteiger partial charge in [0.15, 0.2) is 0 Å². The zero-order valence-electron chi connectivity index (χ0n) is 10.1. The van der Waals surface area contributed by atoms with Crippen LogP contribution in [0.4, 0.5) is 0 Å². The Bertz CT molecular complexity index is 247. The minimum atomic E-state index is -3.86. The van der Waals surface area contributed by atoms with Crippen LogP contribution in [-0.2, 0) is 10.1 Å². The third-order valence-electron chi connectivity index (χ3n) is 2.93. The van der Waals surface area contributed by atoms with Crippen molar-refractivity contribution in [3.8, 4) is 0 Å². The Labute approximate surface area is 94.0 Å². The fourth-order valence-corrected chi connectivity index (χ4v) is 3.13. The summed E-state index contributed by atoms with van der Waals surface area (Å²) in [5, 5.41) is -0.584. The molecule has 0 bridgehead atoms. The Morgan fingerprint density at radius 3 is 2.13 bits per heavy atom. The Balaban J connectivity index is 4.01. The maximum atomic E-state index is 11.0. The van der Waals surface area contributed by atoms with Gasteiger partial charge < -0.3 is 0 Å². The molecule has 0 aliphatic heterocycles. The van der Waals surface area contributed by atoms with Gasteiger partial charge in [-0.2, -0.15) is 8.42 Å². The molecule has 0 aliphatic carbocycles. The van der Waals surface area contributed by atoms with Crippen molar-refractivity contribution in [1.82, 2.24) is 0 Å². The van der Waals surface area contributed by atoms with Gasteiger partial charge in [0.1, 0.15) is 0 Å². The van der Waals surface area contributed by atoms with Crippen molar-refractivity contribution in [2.75, 3.05) is 0 Å². The highest BCUT2D eigenvalue weighted by Crippen LogP contribution is 2.21. The molecule has 2 unspecified atom stereocenters. The predicted molar refractivity (Wildman–Crippen MR) is 63.6 cm³/mol. The van der Waals surface area contributed by atoms with E-state index >= 15 is 0 Å². The first kappa shape index (κ1) is 14.9. The van der Waals surface area contributed by atoms with Crippen LogP contribution < -0.4 is 0 Å². The van der Waals surface area contributed by atoms with Crippen LogP contribution in [0, 0.1) is 5.92 Å². The van der Waals surface area contributed by atoms with E-state index in [4.69, 9.17) is 4.55 Å². The van der Waals surface area contributed by atoms with Crippen LogP contribution in [0.15, 0.2) is 0 Å². The summed E-state index contributed by atoms with van der Waals surface area (Å²) in [5.74, 6) is 0.0573. The molecule has 0 heterocycles. The molecule has 0 fully saturated rings. The summed E-state index contributed by atoms with van der Waals surface area (Å²) in [7, 11) is -3.86. The fraction of sp³-hybridized carbons (Fsp3) is 1.00. The van der Waals surface area contributed by atoms with Gasteiger partial charge in [-0.3, -0.25) is 4.55 Å². The lowest BCUT2D eigenvalue weighted by Gasteiger charge is -2.19. The molecule has 0 rings (SSSR count). The Kier molecular flexibility index (Phi) is 7.18. The number of hydrogen-bond donors (Lipinski definition) is 1. The van der Waals surface area contributed by atoms with Crippen LogP contribution in [0.1, 0.15) is 59.3 Å². The molecule has 2 atom stereocenters. The van der Waals surface area contributed by atoms with E-state index in [1.165, 1.54) is 12.8 Å². The molecule has 0 aromatic heterocycles. The SMILES string of the molecule is CCCCCCC(C)C(CC)S(=O)(=O)O. The minimum absolute atomic E-state index is 0.0573. The zero-order chi connectivity index (χ0) is 11.9. The molecule has 3 nitrogen and oxygen atoms in total. The highest BCUT2D eigenvalue weighted by atomic mass is 32.2. The summed E-state index contributed by atoms with van der Waals surface area (Å²) in [5.41, 5.74) is 0.